The summed E-state index contributed by atoms with van der Waals surface area (Å²) < 4.78 is 5.64. The van der Waals surface area contributed by atoms with Gasteiger partial charge in [0.15, 0.2) is 0 Å². The first kappa shape index (κ1) is 20.8. The second-order valence-electron chi connectivity index (χ2n) is 8.01. The summed E-state index contributed by atoms with van der Waals surface area (Å²) in [5.74, 6) is 0. The summed E-state index contributed by atoms with van der Waals surface area (Å²) in [4.78, 5) is 0. The first-order valence-corrected chi connectivity index (χ1v) is 10.1. The fraction of sp³-hybridized carbons (Fsp3) is 0.455. The molecule has 29 heavy (non-hydrogen) atoms. The van der Waals surface area contributed by atoms with Crippen molar-refractivity contribution in [2.45, 2.75) is 55.4 Å². The molecule has 1 heterocycles. The average molecular weight is 421 g/mol. The van der Waals surface area contributed by atoms with Crippen molar-refractivity contribution in [2.24, 2.45) is 0 Å². The van der Waals surface area contributed by atoms with Crippen LogP contribution >= 0.6 is 11.6 Å². The van der Waals surface area contributed by atoms with Crippen LogP contribution in [0, 0.1) is 0 Å². The first-order valence-electron chi connectivity index (χ1n) is 9.73. The lowest BCUT2D eigenvalue weighted by Crippen LogP contribution is -2.55. The molecule has 0 aromatic heterocycles. The van der Waals surface area contributed by atoms with Gasteiger partial charge in [0.25, 0.3) is 0 Å². The van der Waals surface area contributed by atoms with Crippen LogP contribution in [0.4, 0.5) is 0 Å². The van der Waals surface area contributed by atoms with Gasteiger partial charge in [-0.25, -0.2) is 0 Å². The predicted molar refractivity (Wildman–Crippen MR) is 107 cm³/mol. The highest BCUT2D eigenvalue weighted by Crippen LogP contribution is 2.45. The van der Waals surface area contributed by atoms with E-state index in [1.807, 2.05) is 24.3 Å². The molecule has 1 saturated heterocycles. The first-order chi connectivity index (χ1) is 13.8. The molecule has 5 N–H and O–H groups in total. The molecule has 6 nitrogen and oxygen atoms in total. The summed E-state index contributed by atoms with van der Waals surface area (Å²) in [6.45, 7) is -0.472. The maximum Gasteiger partial charge on any atom is 0.113 e. The van der Waals surface area contributed by atoms with E-state index in [4.69, 9.17) is 16.3 Å². The number of hydrogen-bond donors (Lipinski definition) is 5. The fourth-order valence-electron chi connectivity index (χ4n) is 3.84. The van der Waals surface area contributed by atoms with Gasteiger partial charge in [0, 0.05) is 5.02 Å². The van der Waals surface area contributed by atoms with Crippen LogP contribution in [-0.2, 0) is 16.8 Å². The second kappa shape index (κ2) is 7.96. The topological polar surface area (TPSA) is 110 Å². The number of aliphatic hydroxyl groups is 5. The maximum atomic E-state index is 10.4. The second-order valence-corrected chi connectivity index (χ2v) is 8.41. The Kier molecular flexibility index (Phi) is 5.70. The highest BCUT2D eigenvalue weighted by atomic mass is 35.5. The molecule has 0 radical (unpaired) electrons. The maximum absolute atomic E-state index is 10.4. The Bertz CT molecular complexity index is 864. The Morgan fingerprint density at radius 2 is 1.66 bits per heavy atom. The van der Waals surface area contributed by atoms with Gasteiger partial charge in [0.05, 0.1) is 12.2 Å². The summed E-state index contributed by atoms with van der Waals surface area (Å²) in [5, 5.41) is 50.5. The number of halogens is 1. The van der Waals surface area contributed by atoms with Gasteiger partial charge in [-0.1, -0.05) is 48.0 Å². The molecule has 2 aromatic rings. The normalized spacial score (nSPS) is 30.9. The Balaban J connectivity index is 1.56. The van der Waals surface area contributed by atoms with Gasteiger partial charge < -0.3 is 30.3 Å². The van der Waals surface area contributed by atoms with Gasteiger partial charge in [-0.15, -0.1) is 0 Å². The van der Waals surface area contributed by atoms with E-state index in [1.54, 1.807) is 18.2 Å². The van der Waals surface area contributed by atoms with Gasteiger partial charge in [0.2, 0.25) is 0 Å². The number of benzene rings is 2. The zero-order valence-corrected chi connectivity index (χ0v) is 16.5. The standard InChI is InChI=1S/C22H25ClO6/c23-16-6-3-13(21-20(27)19(26)18(25)17(11-24)29-21)10-14(16)9-12-1-4-15(5-2-12)22(28)7-8-22/h1-6,10,17-21,24-28H,7-9,11H2. The Morgan fingerprint density at radius 1 is 0.966 bits per heavy atom. The molecule has 1 aliphatic heterocycles. The van der Waals surface area contributed by atoms with E-state index in [1.165, 1.54) is 0 Å². The third-order valence-corrected chi connectivity index (χ3v) is 6.27. The van der Waals surface area contributed by atoms with E-state index in [-0.39, 0.29) is 0 Å². The number of ether oxygens (including phenoxy) is 1. The molecule has 0 spiro atoms. The van der Waals surface area contributed by atoms with Crippen LogP contribution in [0.3, 0.4) is 0 Å². The summed E-state index contributed by atoms with van der Waals surface area (Å²) in [6.07, 6.45) is -3.88. The van der Waals surface area contributed by atoms with E-state index in [0.29, 0.717) is 17.0 Å². The highest BCUT2D eigenvalue weighted by Gasteiger charge is 2.44. The monoisotopic (exact) mass is 420 g/mol. The molecular formula is C22H25ClO6. The van der Waals surface area contributed by atoms with Gasteiger partial charge >= 0.3 is 0 Å². The van der Waals surface area contributed by atoms with Crippen molar-refractivity contribution in [2.75, 3.05) is 6.61 Å². The van der Waals surface area contributed by atoms with Gasteiger partial charge in [0.1, 0.15) is 30.5 Å². The van der Waals surface area contributed by atoms with Gasteiger partial charge in [-0.05, 0) is 47.6 Å². The molecule has 4 rings (SSSR count). The van der Waals surface area contributed by atoms with E-state index in [9.17, 15) is 25.5 Å². The molecule has 2 aliphatic rings. The average Bonchev–Trinajstić information content (AvgIpc) is 3.47. The molecule has 7 heteroatoms. The summed E-state index contributed by atoms with van der Waals surface area (Å²) in [7, 11) is 0. The molecule has 1 aliphatic carbocycles. The SMILES string of the molecule is OCC1OC(c2ccc(Cl)c(Cc3ccc(C4(O)CC4)cc3)c2)C(O)C(O)C1O. The smallest absolute Gasteiger partial charge is 0.113 e. The van der Waals surface area contributed by atoms with Crippen LogP contribution in [0.15, 0.2) is 42.5 Å². The lowest BCUT2D eigenvalue weighted by molar-refractivity contribution is -0.231. The summed E-state index contributed by atoms with van der Waals surface area (Å²) in [5.41, 5.74) is 2.69. The molecule has 0 bridgehead atoms. The van der Waals surface area contributed by atoms with Crippen molar-refractivity contribution < 1.29 is 30.3 Å². The molecule has 156 valence electrons. The molecule has 5 unspecified atom stereocenters. The molecule has 1 saturated carbocycles. The van der Waals surface area contributed by atoms with E-state index < -0.39 is 42.7 Å². The van der Waals surface area contributed by atoms with Crippen LogP contribution in [0.25, 0.3) is 0 Å². The molecule has 5 atom stereocenters. The summed E-state index contributed by atoms with van der Waals surface area (Å²) in [6, 6.07) is 13.0. The molecule has 2 fully saturated rings. The van der Waals surface area contributed by atoms with Crippen molar-refractivity contribution in [1.29, 1.82) is 0 Å². The van der Waals surface area contributed by atoms with E-state index in [2.05, 4.69) is 0 Å². The minimum atomic E-state index is -1.43. The third kappa shape index (κ3) is 4.07. The number of aliphatic hydroxyl groups excluding tert-OH is 4. The van der Waals surface area contributed by atoms with Crippen LogP contribution < -0.4 is 0 Å². The summed E-state index contributed by atoms with van der Waals surface area (Å²) >= 11 is 6.37. The van der Waals surface area contributed by atoms with Crippen LogP contribution in [0.2, 0.25) is 5.02 Å². The zero-order valence-electron chi connectivity index (χ0n) is 15.8. The van der Waals surface area contributed by atoms with Crippen molar-refractivity contribution >= 4 is 11.6 Å². The van der Waals surface area contributed by atoms with Crippen molar-refractivity contribution in [3.63, 3.8) is 0 Å². The Hall–Kier alpha value is -1.51. The molecular weight excluding hydrogens is 396 g/mol. The molecule has 2 aromatic carbocycles. The van der Waals surface area contributed by atoms with Crippen LogP contribution in [-0.4, -0.2) is 56.6 Å². The third-order valence-electron chi connectivity index (χ3n) is 5.90. The quantitative estimate of drug-likeness (QED) is 0.500. The largest absolute Gasteiger partial charge is 0.394 e. The van der Waals surface area contributed by atoms with E-state index in [0.717, 1.165) is 29.5 Å². The van der Waals surface area contributed by atoms with Gasteiger partial charge in [-0.3, -0.25) is 0 Å². The van der Waals surface area contributed by atoms with Crippen LogP contribution in [0.1, 0.15) is 41.2 Å². The minimum absolute atomic E-state index is 0.472. The Morgan fingerprint density at radius 3 is 2.28 bits per heavy atom. The Labute approximate surface area is 174 Å². The lowest BCUT2D eigenvalue weighted by Gasteiger charge is -2.40. The van der Waals surface area contributed by atoms with Crippen LogP contribution in [0.5, 0.6) is 0 Å². The lowest BCUT2D eigenvalue weighted by atomic mass is 9.90. The van der Waals surface area contributed by atoms with Crippen molar-refractivity contribution in [3.8, 4) is 0 Å². The van der Waals surface area contributed by atoms with Gasteiger partial charge in [-0.2, -0.15) is 0 Å². The fourth-order valence-corrected chi connectivity index (χ4v) is 4.03. The number of hydrogen-bond acceptors (Lipinski definition) is 6. The minimum Gasteiger partial charge on any atom is -0.394 e. The number of rotatable bonds is 5. The molecule has 0 amide bonds. The van der Waals surface area contributed by atoms with Crippen molar-refractivity contribution in [1.82, 2.24) is 0 Å². The van der Waals surface area contributed by atoms with E-state index >= 15 is 0 Å². The predicted octanol–water partition coefficient (Wildman–Crippen LogP) is 1.43. The highest BCUT2D eigenvalue weighted by molar-refractivity contribution is 6.31. The van der Waals surface area contributed by atoms with Crippen molar-refractivity contribution in [3.05, 3.63) is 69.7 Å². The zero-order chi connectivity index (χ0) is 20.8.